The fourth-order valence-corrected chi connectivity index (χ4v) is 1.65. The molecule has 0 fully saturated rings. The van der Waals surface area contributed by atoms with Gasteiger partial charge in [0.15, 0.2) is 0 Å². The van der Waals surface area contributed by atoms with Crippen molar-refractivity contribution in [2.45, 2.75) is 25.7 Å². The molecule has 0 aromatic carbocycles. The van der Waals surface area contributed by atoms with Crippen LogP contribution in [0.3, 0.4) is 0 Å². The number of hydrogen-bond acceptors (Lipinski definition) is 1. The summed E-state index contributed by atoms with van der Waals surface area (Å²) in [6.45, 7) is 6.08. The molecular formula is C7H10Br2N2. The highest BCUT2D eigenvalue weighted by atomic mass is 79.9. The summed E-state index contributed by atoms with van der Waals surface area (Å²) in [6.07, 6.45) is 0. The fraction of sp³-hybridized carbons (Fsp3) is 0.571. The van der Waals surface area contributed by atoms with E-state index in [1.54, 1.807) is 0 Å². The molecule has 1 rings (SSSR count). The maximum Gasteiger partial charge on any atom is 0.104 e. The van der Waals surface area contributed by atoms with E-state index in [1.165, 1.54) is 0 Å². The zero-order chi connectivity index (χ0) is 8.59. The first-order valence-electron chi connectivity index (χ1n) is 3.39. The van der Waals surface area contributed by atoms with E-state index in [1.807, 2.05) is 25.5 Å². The molecule has 1 atom stereocenters. The molecule has 1 unspecified atom stereocenters. The molecule has 0 radical (unpaired) electrons. The summed E-state index contributed by atoms with van der Waals surface area (Å²) in [5.41, 5.74) is 2.20. The first kappa shape index (κ1) is 9.26. The summed E-state index contributed by atoms with van der Waals surface area (Å²) >= 11 is 6.92. The third kappa shape index (κ3) is 1.67. The van der Waals surface area contributed by atoms with Crippen LogP contribution in [0, 0.1) is 13.8 Å². The number of aromatic nitrogens is 2. The molecule has 0 N–H and O–H groups in total. The lowest BCUT2D eigenvalue weighted by Crippen LogP contribution is -2.01. The molecule has 1 aromatic rings. The first-order valence-corrected chi connectivity index (χ1v) is 5.10. The van der Waals surface area contributed by atoms with Crippen molar-refractivity contribution >= 4 is 31.9 Å². The monoisotopic (exact) mass is 280 g/mol. The molecule has 1 aromatic heterocycles. The van der Waals surface area contributed by atoms with Crippen LogP contribution in [0.15, 0.2) is 4.47 Å². The van der Waals surface area contributed by atoms with Gasteiger partial charge in [-0.3, -0.25) is 4.68 Å². The Bertz CT molecular complexity index is 266. The minimum Gasteiger partial charge on any atom is -0.255 e. The van der Waals surface area contributed by atoms with Gasteiger partial charge in [-0.1, -0.05) is 15.9 Å². The third-order valence-electron chi connectivity index (χ3n) is 1.57. The van der Waals surface area contributed by atoms with E-state index in [4.69, 9.17) is 0 Å². The molecule has 4 heteroatoms. The highest BCUT2D eigenvalue weighted by Crippen LogP contribution is 2.24. The summed E-state index contributed by atoms with van der Waals surface area (Å²) in [5.74, 6) is 0. The van der Waals surface area contributed by atoms with Gasteiger partial charge in [-0.05, 0) is 36.7 Å². The second kappa shape index (κ2) is 3.27. The van der Waals surface area contributed by atoms with E-state index in [0.717, 1.165) is 15.9 Å². The number of nitrogens with zero attached hydrogens (tertiary/aromatic N) is 2. The van der Waals surface area contributed by atoms with Crippen molar-refractivity contribution in [2.24, 2.45) is 0 Å². The molecule has 0 bridgehead atoms. The Morgan fingerprint density at radius 3 is 2.18 bits per heavy atom. The van der Waals surface area contributed by atoms with Gasteiger partial charge in [-0.25, -0.2) is 0 Å². The molecule has 0 amide bonds. The van der Waals surface area contributed by atoms with Crippen molar-refractivity contribution in [1.29, 1.82) is 0 Å². The van der Waals surface area contributed by atoms with Crippen LogP contribution < -0.4 is 0 Å². The molecular weight excluding hydrogens is 272 g/mol. The minimum atomic E-state index is 0.257. The van der Waals surface area contributed by atoms with Crippen LogP contribution in [-0.4, -0.2) is 9.78 Å². The van der Waals surface area contributed by atoms with Crippen LogP contribution in [0.5, 0.6) is 0 Å². The Morgan fingerprint density at radius 2 is 2.00 bits per heavy atom. The second-order valence-electron chi connectivity index (χ2n) is 2.50. The maximum atomic E-state index is 4.33. The first-order chi connectivity index (χ1) is 5.04. The van der Waals surface area contributed by atoms with Crippen molar-refractivity contribution in [3.63, 3.8) is 0 Å². The number of aryl methyl sites for hydroxylation is 1. The molecule has 0 aliphatic heterocycles. The number of halogens is 2. The maximum absolute atomic E-state index is 4.33. The van der Waals surface area contributed by atoms with Crippen LogP contribution in [0.4, 0.5) is 0 Å². The average Bonchev–Trinajstić information content (AvgIpc) is 2.17. The predicted molar refractivity (Wildman–Crippen MR) is 53.0 cm³/mol. The molecule has 0 aliphatic rings. The van der Waals surface area contributed by atoms with Gasteiger partial charge in [-0.2, -0.15) is 5.10 Å². The Labute approximate surface area is 83.2 Å². The summed E-state index contributed by atoms with van der Waals surface area (Å²) in [7, 11) is 0. The normalized spacial score (nSPS) is 13.5. The molecule has 1 heterocycles. The smallest absolute Gasteiger partial charge is 0.104 e. The molecule has 11 heavy (non-hydrogen) atoms. The Balaban J connectivity index is 3.19. The predicted octanol–water partition coefficient (Wildman–Crippen LogP) is 3.18. The lowest BCUT2D eigenvalue weighted by molar-refractivity contribution is 0.627. The highest BCUT2D eigenvalue weighted by molar-refractivity contribution is 9.10. The zero-order valence-electron chi connectivity index (χ0n) is 6.73. The minimum absolute atomic E-state index is 0.257. The Hall–Kier alpha value is 0.170. The SMILES string of the molecule is Cc1nn(C(C)Br)c(C)c1Br. The van der Waals surface area contributed by atoms with E-state index in [9.17, 15) is 0 Å². The molecule has 0 spiro atoms. The van der Waals surface area contributed by atoms with Crippen molar-refractivity contribution in [2.75, 3.05) is 0 Å². The quantitative estimate of drug-likeness (QED) is 0.723. The van der Waals surface area contributed by atoms with E-state index in [0.29, 0.717) is 0 Å². The second-order valence-corrected chi connectivity index (χ2v) is 4.62. The highest BCUT2D eigenvalue weighted by Gasteiger charge is 2.10. The average molecular weight is 282 g/mol. The summed E-state index contributed by atoms with van der Waals surface area (Å²) in [5, 5.41) is 4.33. The van der Waals surface area contributed by atoms with Gasteiger partial charge in [-0.15, -0.1) is 0 Å². The fourth-order valence-electron chi connectivity index (χ4n) is 0.989. The van der Waals surface area contributed by atoms with Crippen LogP contribution in [0.2, 0.25) is 0 Å². The Morgan fingerprint density at radius 1 is 1.45 bits per heavy atom. The van der Waals surface area contributed by atoms with E-state index < -0.39 is 0 Å². The number of alkyl halides is 1. The standard InChI is InChI=1S/C7H10Br2N2/c1-4-7(9)5(2)11(10-4)6(3)8/h6H,1-3H3. The summed E-state index contributed by atoms with van der Waals surface area (Å²) in [4.78, 5) is 0.257. The van der Waals surface area contributed by atoms with E-state index in [2.05, 4.69) is 37.0 Å². The summed E-state index contributed by atoms with van der Waals surface area (Å²) < 4.78 is 3.04. The van der Waals surface area contributed by atoms with Crippen molar-refractivity contribution < 1.29 is 0 Å². The van der Waals surface area contributed by atoms with Crippen molar-refractivity contribution in [3.05, 3.63) is 15.9 Å². The lowest BCUT2D eigenvalue weighted by atomic mass is 10.4. The van der Waals surface area contributed by atoms with Gasteiger partial charge in [0.25, 0.3) is 0 Å². The van der Waals surface area contributed by atoms with Crippen LogP contribution in [0.1, 0.15) is 23.3 Å². The molecule has 2 nitrogen and oxygen atoms in total. The van der Waals surface area contributed by atoms with Gasteiger partial charge >= 0.3 is 0 Å². The van der Waals surface area contributed by atoms with E-state index in [-0.39, 0.29) is 4.95 Å². The zero-order valence-corrected chi connectivity index (χ0v) is 9.90. The molecule has 0 aliphatic carbocycles. The molecule has 62 valence electrons. The molecule has 0 saturated carbocycles. The van der Waals surface area contributed by atoms with Gasteiger partial charge in [0, 0.05) is 0 Å². The van der Waals surface area contributed by atoms with Crippen molar-refractivity contribution in [3.8, 4) is 0 Å². The largest absolute Gasteiger partial charge is 0.255 e. The number of hydrogen-bond donors (Lipinski definition) is 0. The van der Waals surface area contributed by atoms with Crippen LogP contribution in [0.25, 0.3) is 0 Å². The van der Waals surface area contributed by atoms with Gasteiger partial charge < -0.3 is 0 Å². The van der Waals surface area contributed by atoms with Gasteiger partial charge in [0.2, 0.25) is 0 Å². The van der Waals surface area contributed by atoms with Crippen LogP contribution in [-0.2, 0) is 0 Å². The van der Waals surface area contributed by atoms with Crippen molar-refractivity contribution in [1.82, 2.24) is 9.78 Å². The van der Waals surface area contributed by atoms with Gasteiger partial charge in [0.1, 0.15) is 4.95 Å². The van der Waals surface area contributed by atoms with Crippen LogP contribution >= 0.6 is 31.9 Å². The third-order valence-corrected chi connectivity index (χ3v) is 3.11. The lowest BCUT2D eigenvalue weighted by Gasteiger charge is -2.05. The van der Waals surface area contributed by atoms with E-state index >= 15 is 0 Å². The number of rotatable bonds is 1. The Kier molecular flexibility index (Phi) is 2.75. The topological polar surface area (TPSA) is 17.8 Å². The summed E-state index contributed by atoms with van der Waals surface area (Å²) in [6, 6.07) is 0. The molecule has 0 saturated heterocycles. The van der Waals surface area contributed by atoms with Gasteiger partial charge in [0.05, 0.1) is 15.9 Å².